The van der Waals surface area contributed by atoms with Crippen molar-refractivity contribution < 1.29 is 24.2 Å². The van der Waals surface area contributed by atoms with E-state index < -0.39 is 18.5 Å². The molecule has 0 radical (unpaired) electrons. The first-order valence-electron chi connectivity index (χ1n) is 6.94. The molecule has 1 rings (SSSR count). The molecular weight excluding hydrogens is 278 g/mol. The average molecular weight is 301 g/mol. The zero-order valence-electron chi connectivity index (χ0n) is 12.6. The molecule has 0 bridgehead atoms. The Bertz CT molecular complexity index is 382. The number of amides is 3. The minimum absolute atomic E-state index is 0.0397. The molecule has 1 saturated heterocycles. The van der Waals surface area contributed by atoms with Gasteiger partial charge in [-0.1, -0.05) is 0 Å². The van der Waals surface area contributed by atoms with Gasteiger partial charge in [-0.3, -0.25) is 9.59 Å². The van der Waals surface area contributed by atoms with Crippen LogP contribution in [0.4, 0.5) is 4.79 Å². The number of urea groups is 1. The number of rotatable bonds is 7. The van der Waals surface area contributed by atoms with Crippen LogP contribution in [0, 0.1) is 0 Å². The fourth-order valence-electron chi connectivity index (χ4n) is 2.19. The van der Waals surface area contributed by atoms with E-state index in [1.54, 1.807) is 4.90 Å². The van der Waals surface area contributed by atoms with Crippen molar-refractivity contribution in [3.8, 4) is 0 Å². The highest BCUT2D eigenvalue weighted by atomic mass is 16.5. The van der Waals surface area contributed by atoms with Crippen LogP contribution in [0.1, 0.15) is 12.8 Å². The Morgan fingerprint density at radius 1 is 1.19 bits per heavy atom. The zero-order chi connectivity index (χ0) is 15.8. The molecule has 0 spiro atoms. The summed E-state index contributed by atoms with van der Waals surface area (Å²) < 4.78 is 4.87. The third kappa shape index (κ3) is 5.58. The minimum atomic E-state index is -1.10. The van der Waals surface area contributed by atoms with Crippen LogP contribution in [-0.4, -0.2) is 91.2 Å². The van der Waals surface area contributed by atoms with Crippen LogP contribution in [-0.2, 0) is 14.3 Å². The number of aliphatic carboxylic acids is 1. The molecule has 8 heteroatoms. The van der Waals surface area contributed by atoms with Crippen LogP contribution in [0.15, 0.2) is 0 Å². The number of likely N-dealkylation sites (tertiary alicyclic amines) is 1. The molecule has 0 aromatic heterocycles. The number of methoxy groups -OCH3 is 1. The van der Waals surface area contributed by atoms with Crippen LogP contribution < -0.4 is 0 Å². The second-order valence-corrected chi connectivity index (χ2v) is 5.03. The molecule has 1 heterocycles. The Morgan fingerprint density at radius 2 is 1.81 bits per heavy atom. The van der Waals surface area contributed by atoms with Crippen LogP contribution in [0.25, 0.3) is 0 Å². The van der Waals surface area contributed by atoms with Gasteiger partial charge in [0.1, 0.15) is 13.1 Å². The van der Waals surface area contributed by atoms with Crippen LogP contribution in [0.2, 0.25) is 0 Å². The molecule has 0 aliphatic carbocycles. The van der Waals surface area contributed by atoms with E-state index in [-0.39, 0.29) is 25.6 Å². The number of nitrogens with zero attached hydrogens (tertiary/aromatic N) is 3. The summed E-state index contributed by atoms with van der Waals surface area (Å²) in [4.78, 5) is 39.1. The Hall–Kier alpha value is -1.83. The van der Waals surface area contributed by atoms with Crippen molar-refractivity contribution in [2.24, 2.45) is 0 Å². The van der Waals surface area contributed by atoms with E-state index in [0.29, 0.717) is 0 Å². The maximum absolute atomic E-state index is 12.2. The molecule has 0 saturated carbocycles. The van der Waals surface area contributed by atoms with Crippen molar-refractivity contribution in [3.63, 3.8) is 0 Å². The second-order valence-electron chi connectivity index (χ2n) is 5.03. The summed E-state index contributed by atoms with van der Waals surface area (Å²) in [5.74, 6) is -1.20. The van der Waals surface area contributed by atoms with Crippen molar-refractivity contribution in [1.29, 1.82) is 0 Å². The van der Waals surface area contributed by atoms with E-state index in [0.717, 1.165) is 30.8 Å². The molecule has 0 unspecified atom stereocenters. The Morgan fingerprint density at radius 3 is 2.33 bits per heavy atom. The lowest BCUT2D eigenvalue weighted by Gasteiger charge is -2.27. The van der Waals surface area contributed by atoms with Gasteiger partial charge in [-0.05, 0) is 12.8 Å². The summed E-state index contributed by atoms with van der Waals surface area (Å²) in [7, 11) is 2.97. The highest BCUT2D eigenvalue weighted by Crippen LogP contribution is 2.08. The molecule has 21 heavy (non-hydrogen) atoms. The maximum Gasteiger partial charge on any atom is 0.323 e. The van der Waals surface area contributed by atoms with E-state index in [1.807, 2.05) is 0 Å². The largest absolute Gasteiger partial charge is 0.480 e. The van der Waals surface area contributed by atoms with E-state index in [1.165, 1.54) is 19.1 Å². The SMILES string of the molecule is COCCN(CC(=O)O)C(=O)N(C)CC(=O)N1CCCC1. The number of hydrogen-bond donors (Lipinski definition) is 1. The normalized spacial score (nSPS) is 14.1. The van der Waals surface area contributed by atoms with Gasteiger partial charge in [0.25, 0.3) is 0 Å². The number of likely N-dealkylation sites (N-methyl/N-ethyl adjacent to an activating group) is 1. The fraction of sp³-hybridized carbons (Fsp3) is 0.769. The molecule has 3 amide bonds. The molecule has 1 aliphatic rings. The summed E-state index contributed by atoms with van der Waals surface area (Å²) in [5.41, 5.74) is 0. The monoisotopic (exact) mass is 301 g/mol. The van der Waals surface area contributed by atoms with Gasteiger partial charge in [-0.15, -0.1) is 0 Å². The summed E-state index contributed by atoms with van der Waals surface area (Å²) >= 11 is 0. The fourth-order valence-corrected chi connectivity index (χ4v) is 2.19. The number of carboxylic acids is 1. The first kappa shape index (κ1) is 17.2. The van der Waals surface area contributed by atoms with Gasteiger partial charge in [0.2, 0.25) is 5.91 Å². The van der Waals surface area contributed by atoms with E-state index >= 15 is 0 Å². The quantitative estimate of drug-likeness (QED) is 0.697. The number of hydrogen-bond acceptors (Lipinski definition) is 4. The molecule has 0 atom stereocenters. The van der Waals surface area contributed by atoms with Gasteiger partial charge < -0.3 is 24.5 Å². The van der Waals surface area contributed by atoms with Crippen molar-refractivity contribution in [3.05, 3.63) is 0 Å². The lowest BCUT2D eigenvalue weighted by atomic mass is 10.4. The summed E-state index contributed by atoms with van der Waals surface area (Å²) in [6, 6.07) is -0.484. The Labute approximate surface area is 124 Å². The third-order valence-electron chi connectivity index (χ3n) is 3.32. The topological polar surface area (TPSA) is 90.4 Å². The molecule has 1 aliphatic heterocycles. The summed E-state index contributed by atoms with van der Waals surface area (Å²) in [6.45, 7) is 1.41. The van der Waals surface area contributed by atoms with Gasteiger partial charge in [-0.25, -0.2) is 4.79 Å². The van der Waals surface area contributed by atoms with Crippen LogP contribution >= 0.6 is 0 Å². The first-order valence-corrected chi connectivity index (χ1v) is 6.94. The minimum Gasteiger partial charge on any atom is -0.480 e. The number of carbonyl (C=O) groups is 3. The number of carboxylic acid groups (broad SMARTS) is 1. The van der Waals surface area contributed by atoms with Gasteiger partial charge >= 0.3 is 12.0 Å². The van der Waals surface area contributed by atoms with E-state index in [4.69, 9.17) is 9.84 Å². The molecular formula is C13H23N3O5. The summed E-state index contributed by atoms with van der Waals surface area (Å²) in [6.07, 6.45) is 1.98. The number of carbonyl (C=O) groups excluding carboxylic acids is 2. The lowest BCUT2D eigenvalue weighted by Crippen LogP contribution is -2.48. The molecule has 0 aromatic rings. The van der Waals surface area contributed by atoms with Crippen molar-refractivity contribution in [1.82, 2.24) is 14.7 Å². The highest BCUT2D eigenvalue weighted by Gasteiger charge is 2.24. The standard InChI is InChI=1S/C13H23N3O5/c1-14(9-11(17)15-5-3-4-6-15)13(20)16(7-8-21-2)10-12(18)19/h3-10H2,1-2H3,(H,18,19). The van der Waals surface area contributed by atoms with Gasteiger partial charge in [0.15, 0.2) is 0 Å². The zero-order valence-corrected chi connectivity index (χ0v) is 12.6. The van der Waals surface area contributed by atoms with Crippen molar-refractivity contribution in [2.75, 3.05) is 53.5 Å². The predicted octanol–water partition coefficient (Wildman–Crippen LogP) is -0.306. The van der Waals surface area contributed by atoms with E-state index in [9.17, 15) is 14.4 Å². The molecule has 8 nitrogen and oxygen atoms in total. The van der Waals surface area contributed by atoms with Crippen molar-refractivity contribution >= 4 is 17.9 Å². The number of ether oxygens (including phenoxy) is 1. The Balaban J connectivity index is 2.54. The average Bonchev–Trinajstić information content (AvgIpc) is 2.96. The van der Waals surface area contributed by atoms with Gasteiger partial charge in [0.05, 0.1) is 6.61 Å². The maximum atomic E-state index is 12.2. The summed E-state index contributed by atoms with van der Waals surface area (Å²) in [5, 5.41) is 8.84. The van der Waals surface area contributed by atoms with Crippen LogP contribution in [0.3, 0.4) is 0 Å². The second kappa shape index (κ2) is 8.46. The van der Waals surface area contributed by atoms with Crippen LogP contribution in [0.5, 0.6) is 0 Å². The third-order valence-corrected chi connectivity index (χ3v) is 3.32. The van der Waals surface area contributed by atoms with Gasteiger partial charge in [-0.2, -0.15) is 0 Å². The van der Waals surface area contributed by atoms with E-state index in [2.05, 4.69) is 0 Å². The first-order chi connectivity index (χ1) is 9.95. The molecule has 120 valence electrons. The molecule has 1 fully saturated rings. The predicted molar refractivity (Wildman–Crippen MR) is 74.9 cm³/mol. The van der Waals surface area contributed by atoms with Gasteiger partial charge in [0, 0.05) is 33.8 Å². The van der Waals surface area contributed by atoms with Crippen molar-refractivity contribution in [2.45, 2.75) is 12.8 Å². The lowest BCUT2D eigenvalue weighted by molar-refractivity contribution is -0.137. The molecule has 0 aromatic carbocycles. The smallest absolute Gasteiger partial charge is 0.323 e. The molecule has 1 N–H and O–H groups in total. The highest BCUT2D eigenvalue weighted by molar-refractivity contribution is 5.85. The Kier molecular flexibility index (Phi) is 6.93.